The molecule has 0 spiro atoms. The fraction of sp³-hybridized carbons (Fsp3) is 0.250. The van der Waals surface area contributed by atoms with Crippen LogP contribution in [0.4, 0.5) is 0 Å². The fourth-order valence-electron chi connectivity index (χ4n) is 1.91. The summed E-state index contributed by atoms with van der Waals surface area (Å²) in [4.78, 5) is 22.6. The van der Waals surface area contributed by atoms with Crippen LogP contribution in [-0.2, 0) is 19.1 Å². The molecule has 24 heavy (non-hydrogen) atoms. The van der Waals surface area contributed by atoms with Crippen molar-refractivity contribution < 1.29 is 39.1 Å². The Morgan fingerprint density at radius 2 is 2.00 bits per heavy atom. The van der Waals surface area contributed by atoms with E-state index < -0.39 is 42.3 Å². The number of hydrogen-bond donors (Lipinski definition) is 3. The standard InChI is InChI=1S/C16H16O8/c1-22-10-5-2-9(3-6-10)4-7-12(18)23-8-11(17)15-13(19)14(20)16(21)24-15/h2-7,11,15,17,19-20H,8H2,1H3/t11-,15+/m0/s1. The van der Waals surface area contributed by atoms with E-state index in [0.717, 1.165) is 11.6 Å². The average molecular weight is 336 g/mol. The van der Waals surface area contributed by atoms with Crippen LogP contribution in [-0.4, -0.2) is 53.2 Å². The van der Waals surface area contributed by atoms with Gasteiger partial charge in [0.1, 0.15) is 18.5 Å². The van der Waals surface area contributed by atoms with E-state index in [-0.39, 0.29) is 0 Å². The highest BCUT2D eigenvalue weighted by molar-refractivity contribution is 5.89. The van der Waals surface area contributed by atoms with Crippen LogP contribution in [0.2, 0.25) is 0 Å². The molecular weight excluding hydrogens is 320 g/mol. The molecule has 8 nitrogen and oxygen atoms in total. The molecule has 0 saturated carbocycles. The molecule has 0 unspecified atom stereocenters. The van der Waals surface area contributed by atoms with Gasteiger partial charge in [0.15, 0.2) is 11.9 Å². The third-order valence-corrected chi connectivity index (χ3v) is 3.21. The van der Waals surface area contributed by atoms with E-state index in [2.05, 4.69) is 4.74 Å². The van der Waals surface area contributed by atoms with Crippen LogP contribution in [0.1, 0.15) is 5.56 Å². The van der Waals surface area contributed by atoms with Crippen molar-refractivity contribution in [1.82, 2.24) is 0 Å². The number of aliphatic hydroxyl groups excluding tert-OH is 3. The van der Waals surface area contributed by atoms with E-state index in [9.17, 15) is 19.8 Å². The van der Waals surface area contributed by atoms with Crippen LogP contribution in [0.5, 0.6) is 5.75 Å². The summed E-state index contributed by atoms with van der Waals surface area (Å²) >= 11 is 0. The van der Waals surface area contributed by atoms with Gasteiger partial charge in [-0.3, -0.25) is 0 Å². The lowest BCUT2D eigenvalue weighted by atomic mass is 10.2. The van der Waals surface area contributed by atoms with Gasteiger partial charge in [-0.15, -0.1) is 0 Å². The Morgan fingerprint density at radius 1 is 1.33 bits per heavy atom. The summed E-state index contributed by atoms with van der Waals surface area (Å²) < 4.78 is 14.4. The molecule has 1 aliphatic heterocycles. The molecule has 1 aromatic carbocycles. The fourth-order valence-corrected chi connectivity index (χ4v) is 1.91. The van der Waals surface area contributed by atoms with E-state index in [4.69, 9.17) is 14.6 Å². The molecule has 0 aliphatic carbocycles. The summed E-state index contributed by atoms with van der Waals surface area (Å²) in [5.41, 5.74) is 0.739. The van der Waals surface area contributed by atoms with Gasteiger partial charge in [-0.1, -0.05) is 12.1 Å². The van der Waals surface area contributed by atoms with Crippen LogP contribution in [0, 0.1) is 0 Å². The molecule has 1 heterocycles. The van der Waals surface area contributed by atoms with Crippen molar-refractivity contribution in [3.63, 3.8) is 0 Å². The molecule has 2 atom stereocenters. The topological polar surface area (TPSA) is 123 Å². The Labute approximate surface area is 137 Å². The Balaban J connectivity index is 1.84. The van der Waals surface area contributed by atoms with Crippen molar-refractivity contribution >= 4 is 18.0 Å². The number of ether oxygens (including phenoxy) is 3. The summed E-state index contributed by atoms with van der Waals surface area (Å²) in [6, 6.07) is 6.93. The second kappa shape index (κ2) is 7.51. The zero-order chi connectivity index (χ0) is 17.7. The van der Waals surface area contributed by atoms with E-state index in [1.165, 1.54) is 6.08 Å². The molecule has 1 aromatic rings. The summed E-state index contributed by atoms with van der Waals surface area (Å²) in [6.07, 6.45) is -0.303. The molecule has 2 rings (SSSR count). The normalized spacial score (nSPS) is 18.6. The van der Waals surface area contributed by atoms with Crippen molar-refractivity contribution in [2.24, 2.45) is 0 Å². The third kappa shape index (κ3) is 4.05. The third-order valence-electron chi connectivity index (χ3n) is 3.21. The molecule has 1 aliphatic rings. The summed E-state index contributed by atoms with van der Waals surface area (Å²) in [7, 11) is 1.54. The first kappa shape index (κ1) is 17.4. The lowest BCUT2D eigenvalue weighted by Crippen LogP contribution is -2.33. The van der Waals surface area contributed by atoms with Crippen LogP contribution >= 0.6 is 0 Å². The molecule has 0 fully saturated rings. The zero-order valence-corrected chi connectivity index (χ0v) is 12.7. The number of carbonyl (C=O) groups is 2. The maximum atomic E-state index is 11.6. The SMILES string of the molecule is COc1ccc(C=CC(=O)OC[C@H](O)[C@H]2OC(=O)C(O)=C2O)cc1. The Morgan fingerprint density at radius 3 is 2.54 bits per heavy atom. The van der Waals surface area contributed by atoms with Crippen LogP contribution in [0.3, 0.4) is 0 Å². The molecule has 128 valence electrons. The van der Waals surface area contributed by atoms with Gasteiger partial charge in [-0.25, -0.2) is 9.59 Å². The number of esters is 2. The second-order valence-corrected chi connectivity index (χ2v) is 4.86. The average Bonchev–Trinajstić information content (AvgIpc) is 2.85. The molecule has 8 heteroatoms. The maximum Gasteiger partial charge on any atom is 0.377 e. The molecule has 0 aromatic heterocycles. The predicted octanol–water partition coefficient (Wildman–Crippen LogP) is 0.865. The second-order valence-electron chi connectivity index (χ2n) is 4.86. The summed E-state index contributed by atoms with van der Waals surface area (Å²) in [5, 5.41) is 28.3. The van der Waals surface area contributed by atoms with Gasteiger partial charge in [0, 0.05) is 6.08 Å². The quantitative estimate of drug-likeness (QED) is 0.516. The number of carbonyl (C=O) groups excluding carboxylic acids is 2. The largest absolute Gasteiger partial charge is 0.505 e. The minimum atomic E-state index is -1.50. The van der Waals surface area contributed by atoms with Crippen LogP contribution < -0.4 is 4.74 Å². The molecule has 0 saturated heterocycles. The number of benzene rings is 1. The summed E-state index contributed by atoms with van der Waals surface area (Å²) in [5.74, 6) is -2.97. The van der Waals surface area contributed by atoms with E-state index in [0.29, 0.717) is 5.75 Å². The number of aliphatic hydroxyl groups is 3. The lowest BCUT2D eigenvalue weighted by Gasteiger charge is -2.16. The first-order valence-electron chi connectivity index (χ1n) is 6.92. The molecule has 0 amide bonds. The van der Waals surface area contributed by atoms with Gasteiger partial charge in [0.2, 0.25) is 5.76 Å². The molecule has 0 radical (unpaired) electrons. The molecular formula is C16H16O8. The number of methoxy groups -OCH3 is 1. The first-order chi connectivity index (χ1) is 11.4. The van der Waals surface area contributed by atoms with Crippen molar-refractivity contribution in [3.8, 4) is 5.75 Å². The molecule has 0 bridgehead atoms. The number of rotatable bonds is 6. The minimum Gasteiger partial charge on any atom is -0.505 e. The van der Waals surface area contributed by atoms with Crippen LogP contribution in [0.15, 0.2) is 41.9 Å². The number of hydrogen-bond acceptors (Lipinski definition) is 8. The van der Waals surface area contributed by atoms with Crippen molar-refractivity contribution in [2.75, 3.05) is 13.7 Å². The highest BCUT2D eigenvalue weighted by Crippen LogP contribution is 2.21. The Kier molecular flexibility index (Phi) is 5.43. The van der Waals surface area contributed by atoms with E-state index in [1.54, 1.807) is 31.4 Å². The van der Waals surface area contributed by atoms with Gasteiger partial charge < -0.3 is 29.5 Å². The number of cyclic esters (lactones) is 1. The minimum absolute atomic E-state index is 0.527. The Bertz CT molecular complexity index is 674. The highest BCUT2D eigenvalue weighted by atomic mass is 16.6. The van der Waals surface area contributed by atoms with Crippen molar-refractivity contribution in [3.05, 3.63) is 47.4 Å². The summed E-state index contributed by atoms with van der Waals surface area (Å²) in [6.45, 7) is -0.527. The highest BCUT2D eigenvalue weighted by Gasteiger charge is 2.39. The van der Waals surface area contributed by atoms with Crippen molar-refractivity contribution in [1.29, 1.82) is 0 Å². The van der Waals surface area contributed by atoms with E-state index >= 15 is 0 Å². The smallest absolute Gasteiger partial charge is 0.377 e. The lowest BCUT2D eigenvalue weighted by molar-refractivity contribution is -0.151. The van der Waals surface area contributed by atoms with Crippen molar-refractivity contribution in [2.45, 2.75) is 12.2 Å². The first-order valence-corrected chi connectivity index (χ1v) is 6.92. The predicted molar refractivity (Wildman–Crippen MR) is 81.2 cm³/mol. The zero-order valence-electron chi connectivity index (χ0n) is 12.7. The monoisotopic (exact) mass is 336 g/mol. The Hall–Kier alpha value is -3.00. The maximum absolute atomic E-state index is 11.6. The van der Waals surface area contributed by atoms with Crippen LogP contribution in [0.25, 0.3) is 6.08 Å². The van der Waals surface area contributed by atoms with Gasteiger partial charge in [-0.2, -0.15) is 0 Å². The van der Waals surface area contributed by atoms with E-state index in [1.807, 2.05) is 0 Å². The van der Waals surface area contributed by atoms with Gasteiger partial charge in [0.05, 0.1) is 7.11 Å². The van der Waals surface area contributed by atoms with Gasteiger partial charge in [-0.05, 0) is 23.8 Å². The van der Waals surface area contributed by atoms with Gasteiger partial charge >= 0.3 is 11.9 Å². The molecule has 3 N–H and O–H groups in total. The van der Waals surface area contributed by atoms with Gasteiger partial charge in [0.25, 0.3) is 0 Å².